The first kappa shape index (κ1) is 44.6. The number of ketones is 2. The minimum atomic E-state index is -3.44. The monoisotopic (exact) mass is 926 g/mol. The average molecular weight is 927 g/mol. The minimum Gasteiger partial charge on any atom is -0.307 e. The fourth-order valence-corrected chi connectivity index (χ4v) is 11.2. The van der Waals surface area contributed by atoms with Crippen molar-refractivity contribution in [1.29, 1.82) is 0 Å². The van der Waals surface area contributed by atoms with Crippen molar-refractivity contribution in [3.05, 3.63) is 202 Å². The van der Waals surface area contributed by atoms with E-state index in [0.717, 1.165) is 57.3 Å². The van der Waals surface area contributed by atoms with Crippen molar-refractivity contribution in [1.82, 2.24) is 0 Å². The molecule has 2 aliphatic carbocycles. The van der Waals surface area contributed by atoms with E-state index in [2.05, 4.69) is 0 Å². The number of carbonyl (C=O) groups excluding carboxylic acids is 4. The van der Waals surface area contributed by atoms with E-state index in [0.29, 0.717) is 24.0 Å². The Morgan fingerprint density at radius 3 is 1.26 bits per heavy atom. The normalized spacial score (nSPS) is 21.3. The van der Waals surface area contributed by atoms with Gasteiger partial charge in [-0.1, -0.05) is 97.1 Å². The molecule has 0 radical (unpaired) electrons. The van der Waals surface area contributed by atoms with Crippen LogP contribution in [0.25, 0.3) is 0 Å². The summed E-state index contributed by atoms with van der Waals surface area (Å²) >= 11 is 0. The molecule has 2 amide bonds. The van der Waals surface area contributed by atoms with Crippen LogP contribution in [0, 0.1) is 11.6 Å². The highest BCUT2D eigenvalue weighted by Crippen LogP contribution is 2.67. The van der Waals surface area contributed by atoms with E-state index in [1.807, 2.05) is 60.7 Å². The number of Topliss-reactive ketones (excluding diaryl/α,β-unsaturated/α-hetero) is 2. The fraction of sp³-hybridized carbons (Fsp3) is 0.231. The summed E-state index contributed by atoms with van der Waals surface area (Å²) in [4.78, 5) is 55.6. The summed E-state index contributed by atoms with van der Waals surface area (Å²) in [5, 5.41) is 0. The van der Waals surface area contributed by atoms with Crippen LogP contribution in [0.15, 0.2) is 146 Å². The average Bonchev–Trinajstić information content (AvgIpc) is 4.19. The quantitative estimate of drug-likeness (QED) is 0.112. The molecule has 2 fully saturated rings. The molecule has 4 atom stereocenters. The molecule has 0 unspecified atom stereocenters. The van der Waals surface area contributed by atoms with Gasteiger partial charge in [0.25, 0.3) is 0 Å². The summed E-state index contributed by atoms with van der Waals surface area (Å²) in [7, 11) is -6.87. The summed E-state index contributed by atoms with van der Waals surface area (Å²) in [5.74, 6) is -2.70. The van der Waals surface area contributed by atoms with Crippen molar-refractivity contribution in [2.24, 2.45) is 0 Å². The van der Waals surface area contributed by atoms with Gasteiger partial charge in [0.05, 0.1) is 23.9 Å². The maximum atomic E-state index is 13.7. The minimum absolute atomic E-state index is 0.00843. The Bertz CT molecular complexity index is 2980. The number of halogens is 2. The third kappa shape index (κ3) is 8.39. The number of hydrogen-bond acceptors (Lipinski definition) is 8. The molecule has 6 aromatic carbocycles. The van der Waals surface area contributed by atoms with Crippen molar-refractivity contribution in [2.75, 3.05) is 33.8 Å². The lowest BCUT2D eigenvalue weighted by Crippen LogP contribution is -2.32. The van der Waals surface area contributed by atoms with Gasteiger partial charge in [0.15, 0.2) is 31.2 Å². The molecule has 336 valence electrons. The van der Waals surface area contributed by atoms with Crippen LogP contribution in [-0.2, 0) is 53.2 Å². The van der Waals surface area contributed by atoms with Crippen LogP contribution in [0.3, 0.4) is 0 Å². The van der Waals surface area contributed by atoms with E-state index < -0.39 is 53.6 Å². The zero-order valence-electron chi connectivity index (χ0n) is 36.0. The van der Waals surface area contributed by atoms with Gasteiger partial charge in [-0.3, -0.25) is 19.2 Å². The van der Waals surface area contributed by atoms with Crippen molar-refractivity contribution < 1.29 is 44.8 Å². The molecule has 10 rings (SSSR count). The SMILES string of the molecule is CS(=O)(=O)CC(=O)c1cccc(CN2C(=O)[C@@]3(C[C@H]3c3ccc(F)cc3)c3ccccc32)c1.CS(=O)(=O)CC(=O)c1cccc(CN2C(=O)[C@]3(C[C@@H]3c3ccc(F)cc3)c3ccccc32)c1. The van der Waals surface area contributed by atoms with Gasteiger partial charge in [0.1, 0.15) is 23.1 Å². The summed E-state index contributed by atoms with van der Waals surface area (Å²) < 4.78 is 72.9. The van der Waals surface area contributed by atoms with Gasteiger partial charge in [-0.25, -0.2) is 25.6 Å². The molecular weight excluding hydrogens is 883 g/mol. The van der Waals surface area contributed by atoms with Gasteiger partial charge in [0, 0.05) is 46.8 Å². The number of carbonyl (C=O) groups is 4. The molecule has 0 aromatic heterocycles. The van der Waals surface area contributed by atoms with Gasteiger partial charge in [-0.2, -0.15) is 0 Å². The van der Waals surface area contributed by atoms with Crippen LogP contribution in [-0.4, -0.2) is 64.2 Å². The first-order chi connectivity index (χ1) is 31.4. The van der Waals surface area contributed by atoms with Crippen LogP contribution in [0.1, 0.15) is 78.8 Å². The van der Waals surface area contributed by atoms with Gasteiger partial charge in [-0.05, 0) is 94.8 Å². The van der Waals surface area contributed by atoms with Crippen molar-refractivity contribution in [3.8, 4) is 0 Å². The highest BCUT2D eigenvalue weighted by atomic mass is 32.2. The summed E-state index contributed by atoms with van der Waals surface area (Å²) in [6, 6.07) is 41.6. The zero-order valence-corrected chi connectivity index (χ0v) is 37.6. The van der Waals surface area contributed by atoms with Gasteiger partial charge >= 0.3 is 0 Å². The molecule has 10 nitrogen and oxygen atoms in total. The largest absolute Gasteiger partial charge is 0.307 e. The summed E-state index contributed by atoms with van der Waals surface area (Å²) in [5.41, 5.74) is 6.27. The Kier molecular flexibility index (Phi) is 11.2. The first-order valence-corrected chi connectivity index (χ1v) is 25.4. The highest BCUT2D eigenvalue weighted by Gasteiger charge is 2.68. The third-order valence-corrected chi connectivity index (χ3v) is 14.6. The number of anilines is 2. The molecule has 0 bridgehead atoms. The zero-order chi connectivity index (χ0) is 46.8. The Hall–Kier alpha value is -6.64. The van der Waals surface area contributed by atoms with Gasteiger partial charge < -0.3 is 9.80 Å². The van der Waals surface area contributed by atoms with Crippen molar-refractivity contribution in [2.45, 2.75) is 48.6 Å². The smallest absolute Gasteiger partial charge is 0.238 e. The molecule has 0 saturated heterocycles. The van der Waals surface area contributed by atoms with Crippen LogP contribution in [0.2, 0.25) is 0 Å². The second kappa shape index (κ2) is 16.7. The second-order valence-corrected chi connectivity index (χ2v) is 22.0. The highest BCUT2D eigenvalue weighted by molar-refractivity contribution is 7.91. The summed E-state index contributed by atoms with van der Waals surface area (Å²) in [6.45, 7) is 0.543. The van der Waals surface area contributed by atoms with E-state index in [-0.39, 0.29) is 48.4 Å². The van der Waals surface area contributed by atoms with E-state index in [9.17, 15) is 44.8 Å². The number of nitrogens with zero attached hydrogens (tertiary/aromatic N) is 2. The Morgan fingerprint density at radius 2 is 0.894 bits per heavy atom. The number of para-hydroxylation sites is 2. The number of fused-ring (bicyclic) bond motifs is 4. The van der Waals surface area contributed by atoms with Gasteiger partial charge in [-0.15, -0.1) is 0 Å². The van der Waals surface area contributed by atoms with Crippen molar-refractivity contribution in [3.63, 3.8) is 0 Å². The summed E-state index contributed by atoms with van der Waals surface area (Å²) in [6.07, 6.45) is 3.39. The fourth-order valence-electron chi connectivity index (χ4n) is 9.90. The van der Waals surface area contributed by atoms with E-state index in [4.69, 9.17) is 0 Å². The first-order valence-electron chi connectivity index (χ1n) is 21.3. The number of hydrogen-bond donors (Lipinski definition) is 0. The van der Waals surface area contributed by atoms with E-state index in [1.54, 1.807) is 70.5 Å². The number of sulfone groups is 2. The number of benzene rings is 6. The molecule has 66 heavy (non-hydrogen) atoms. The molecule has 6 aromatic rings. The molecule has 14 heteroatoms. The molecular formula is C52H44F2N2O8S2. The lowest BCUT2D eigenvalue weighted by atomic mass is 9.92. The molecule has 2 spiro atoms. The van der Waals surface area contributed by atoms with Crippen LogP contribution >= 0.6 is 0 Å². The van der Waals surface area contributed by atoms with Gasteiger partial charge in [0.2, 0.25) is 11.8 Å². The predicted octanol–water partition coefficient (Wildman–Crippen LogP) is 8.05. The number of amides is 2. The lowest BCUT2D eigenvalue weighted by Gasteiger charge is -2.19. The second-order valence-electron chi connectivity index (χ2n) is 17.8. The predicted molar refractivity (Wildman–Crippen MR) is 247 cm³/mol. The number of rotatable bonds is 12. The molecule has 2 aliphatic heterocycles. The van der Waals surface area contributed by atoms with Crippen LogP contribution in [0.5, 0.6) is 0 Å². The third-order valence-electron chi connectivity index (χ3n) is 13.0. The molecule has 4 aliphatic rings. The maximum absolute atomic E-state index is 13.7. The maximum Gasteiger partial charge on any atom is 0.238 e. The topological polar surface area (TPSA) is 143 Å². The van der Waals surface area contributed by atoms with E-state index >= 15 is 0 Å². The van der Waals surface area contributed by atoms with Crippen molar-refractivity contribution >= 4 is 54.4 Å². The van der Waals surface area contributed by atoms with Crippen LogP contribution < -0.4 is 9.80 Å². The Labute approximate surface area is 381 Å². The molecule has 2 heterocycles. The van der Waals surface area contributed by atoms with Crippen LogP contribution in [0.4, 0.5) is 20.2 Å². The Balaban J connectivity index is 0.000000166. The lowest BCUT2D eigenvalue weighted by molar-refractivity contribution is -0.121. The molecule has 0 N–H and O–H groups in total. The Morgan fingerprint density at radius 1 is 0.530 bits per heavy atom. The van der Waals surface area contributed by atoms with E-state index in [1.165, 1.54) is 24.3 Å². The standard InChI is InChI=1S/2C26H22FNO4S/c2*1-33(31,32)16-24(29)19-6-4-5-17(13-19)15-28-23-8-3-2-7-21(23)26(25(28)30)14-22(26)18-9-11-20(27)12-10-18/h2*2-13,22H,14-16H2,1H3/t2*22-,26-/m10/s1. The molecule has 2 saturated carbocycles.